The summed E-state index contributed by atoms with van der Waals surface area (Å²) in [6.45, 7) is 3.45. The quantitative estimate of drug-likeness (QED) is 0.350. The van der Waals surface area contributed by atoms with Gasteiger partial charge >= 0.3 is 0 Å². The minimum atomic E-state index is -3.78. The predicted octanol–water partition coefficient (Wildman–Crippen LogP) is 2.76. The van der Waals surface area contributed by atoms with Crippen molar-refractivity contribution in [3.63, 3.8) is 0 Å². The van der Waals surface area contributed by atoms with Crippen LogP contribution in [-0.4, -0.2) is 77.9 Å². The van der Waals surface area contributed by atoms with Crippen LogP contribution in [0.5, 0.6) is 11.5 Å². The third kappa shape index (κ3) is 5.95. The Hall–Kier alpha value is -2.77. The Labute approximate surface area is 214 Å². The van der Waals surface area contributed by atoms with Gasteiger partial charge in [-0.15, -0.1) is 0 Å². The highest BCUT2D eigenvalue weighted by molar-refractivity contribution is 7.89. The highest BCUT2D eigenvalue weighted by Gasteiger charge is 2.24. The van der Waals surface area contributed by atoms with E-state index in [1.165, 1.54) is 54.1 Å². The molecule has 0 saturated heterocycles. The van der Waals surface area contributed by atoms with Gasteiger partial charge in [0.15, 0.2) is 16.3 Å². The van der Waals surface area contributed by atoms with E-state index in [1.54, 1.807) is 14.2 Å². The molecule has 0 radical (unpaired) electrons. The van der Waals surface area contributed by atoms with Gasteiger partial charge in [0, 0.05) is 51.6 Å². The van der Waals surface area contributed by atoms with Gasteiger partial charge in [0.1, 0.15) is 0 Å². The van der Waals surface area contributed by atoms with E-state index in [1.807, 2.05) is 23.6 Å². The monoisotopic (exact) mass is 537 g/mol. The number of sulfonamides is 1. The Morgan fingerprint density at radius 2 is 1.56 bits per heavy atom. The van der Waals surface area contributed by atoms with Crippen LogP contribution < -0.4 is 14.3 Å². The smallest absolute Gasteiger partial charge is 0.279 e. The molecule has 0 N–H and O–H groups in total. The SMILES string of the molecule is CCn1c(=NC(=O)c2ccc(S(=O)(=O)N(CCOC)CCOC)cc2)sc2cc(OC)c(OC)cc21. The number of fused-ring (bicyclic) bond motifs is 1. The Bertz CT molecular complexity index is 1350. The maximum atomic E-state index is 13.1. The summed E-state index contributed by atoms with van der Waals surface area (Å²) in [4.78, 5) is 17.9. The number of aromatic nitrogens is 1. The second kappa shape index (κ2) is 12.5. The molecule has 0 saturated carbocycles. The second-order valence-electron chi connectivity index (χ2n) is 7.63. The fourth-order valence-electron chi connectivity index (χ4n) is 3.60. The van der Waals surface area contributed by atoms with Crippen LogP contribution >= 0.6 is 11.3 Å². The normalized spacial score (nSPS) is 12.4. The number of aryl methyl sites for hydroxylation is 1. The molecule has 0 aliphatic rings. The summed E-state index contributed by atoms with van der Waals surface area (Å²) >= 11 is 1.36. The van der Waals surface area contributed by atoms with Crippen molar-refractivity contribution >= 4 is 37.5 Å². The summed E-state index contributed by atoms with van der Waals surface area (Å²) < 4.78 is 51.2. The van der Waals surface area contributed by atoms with Crippen molar-refractivity contribution in [2.75, 3.05) is 54.7 Å². The van der Waals surface area contributed by atoms with Crippen molar-refractivity contribution in [3.8, 4) is 11.5 Å². The number of ether oxygens (including phenoxy) is 4. The van der Waals surface area contributed by atoms with Crippen molar-refractivity contribution in [2.45, 2.75) is 18.4 Å². The number of amides is 1. The number of carbonyl (C=O) groups excluding carboxylic acids is 1. The number of benzene rings is 2. The summed E-state index contributed by atoms with van der Waals surface area (Å²) in [6, 6.07) is 9.49. The lowest BCUT2D eigenvalue weighted by Crippen LogP contribution is -2.36. The van der Waals surface area contributed by atoms with Crippen LogP contribution in [0.2, 0.25) is 0 Å². The fourth-order valence-corrected chi connectivity index (χ4v) is 6.11. The summed E-state index contributed by atoms with van der Waals surface area (Å²) in [5.41, 5.74) is 1.16. The Morgan fingerprint density at radius 3 is 2.08 bits per heavy atom. The first-order chi connectivity index (χ1) is 17.3. The van der Waals surface area contributed by atoms with Crippen molar-refractivity contribution in [1.29, 1.82) is 0 Å². The van der Waals surface area contributed by atoms with Crippen LogP contribution in [0.15, 0.2) is 46.3 Å². The zero-order valence-corrected chi connectivity index (χ0v) is 22.6. The zero-order chi connectivity index (χ0) is 26.3. The number of rotatable bonds is 12. The van der Waals surface area contributed by atoms with Crippen LogP contribution in [0.1, 0.15) is 17.3 Å². The number of nitrogens with zero attached hydrogens (tertiary/aromatic N) is 3. The van der Waals surface area contributed by atoms with E-state index >= 15 is 0 Å². The van der Waals surface area contributed by atoms with E-state index in [0.29, 0.717) is 22.8 Å². The molecule has 1 aromatic heterocycles. The van der Waals surface area contributed by atoms with E-state index in [0.717, 1.165) is 10.2 Å². The minimum absolute atomic E-state index is 0.0796. The molecule has 3 aromatic rings. The third-order valence-electron chi connectivity index (χ3n) is 5.53. The first-order valence-corrected chi connectivity index (χ1v) is 13.5. The maximum absolute atomic E-state index is 13.1. The molecule has 3 rings (SSSR count). The Morgan fingerprint density at radius 1 is 0.972 bits per heavy atom. The first kappa shape index (κ1) is 27.8. The van der Waals surface area contributed by atoms with Crippen LogP contribution in [0.4, 0.5) is 0 Å². The van der Waals surface area contributed by atoms with E-state index in [9.17, 15) is 13.2 Å². The highest BCUT2D eigenvalue weighted by Crippen LogP contribution is 2.33. The average Bonchev–Trinajstić information content (AvgIpc) is 3.23. The molecule has 1 amide bonds. The molecule has 196 valence electrons. The second-order valence-corrected chi connectivity index (χ2v) is 10.6. The van der Waals surface area contributed by atoms with Gasteiger partial charge in [-0.3, -0.25) is 4.79 Å². The van der Waals surface area contributed by atoms with Gasteiger partial charge in [0.25, 0.3) is 5.91 Å². The van der Waals surface area contributed by atoms with E-state index in [4.69, 9.17) is 18.9 Å². The fraction of sp³-hybridized carbons (Fsp3) is 0.417. The van der Waals surface area contributed by atoms with Crippen LogP contribution in [0.3, 0.4) is 0 Å². The molecule has 2 aromatic carbocycles. The molecule has 0 atom stereocenters. The molecule has 0 bridgehead atoms. The van der Waals surface area contributed by atoms with Crippen molar-refractivity contribution in [1.82, 2.24) is 8.87 Å². The molecule has 0 fully saturated rings. The molecule has 1 heterocycles. The molecule has 0 spiro atoms. The minimum Gasteiger partial charge on any atom is -0.493 e. The molecular formula is C24H31N3O7S2. The van der Waals surface area contributed by atoms with E-state index in [-0.39, 0.29) is 36.8 Å². The van der Waals surface area contributed by atoms with Gasteiger partial charge in [-0.1, -0.05) is 11.3 Å². The maximum Gasteiger partial charge on any atom is 0.279 e. The topological polar surface area (TPSA) is 109 Å². The predicted molar refractivity (Wildman–Crippen MR) is 137 cm³/mol. The zero-order valence-electron chi connectivity index (χ0n) is 21.0. The Kier molecular flexibility index (Phi) is 9.63. The van der Waals surface area contributed by atoms with Gasteiger partial charge in [0.05, 0.1) is 42.5 Å². The number of thiazole rings is 1. The number of hydrogen-bond donors (Lipinski definition) is 0. The van der Waals surface area contributed by atoms with Gasteiger partial charge in [0.2, 0.25) is 10.0 Å². The molecule has 36 heavy (non-hydrogen) atoms. The first-order valence-electron chi connectivity index (χ1n) is 11.2. The standard InChI is InChI=1S/C24H31N3O7S2/c1-6-27-19-15-20(33-4)21(34-5)16-22(19)35-24(27)25-23(28)17-7-9-18(10-8-17)36(29,30)26(11-13-31-2)12-14-32-3/h7-10,15-16H,6,11-14H2,1-5H3. The number of carbonyl (C=O) groups is 1. The highest BCUT2D eigenvalue weighted by atomic mass is 32.2. The summed E-state index contributed by atoms with van der Waals surface area (Å²) in [5.74, 6) is 0.709. The van der Waals surface area contributed by atoms with Gasteiger partial charge in [-0.2, -0.15) is 9.30 Å². The largest absolute Gasteiger partial charge is 0.493 e. The van der Waals surface area contributed by atoms with Crippen LogP contribution in [0.25, 0.3) is 10.2 Å². The molecule has 0 aliphatic carbocycles. The van der Waals surface area contributed by atoms with Crippen molar-refractivity contribution < 1.29 is 32.2 Å². The summed E-state index contributed by atoms with van der Waals surface area (Å²) in [6.07, 6.45) is 0. The molecule has 0 aliphatic heterocycles. The van der Waals surface area contributed by atoms with E-state index < -0.39 is 15.9 Å². The number of hydrogen-bond acceptors (Lipinski definition) is 8. The van der Waals surface area contributed by atoms with Crippen molar-refractivity contribution in [2.24, 2.45) is 4.99 Å². The number of methoxy groups -OCH3 is 4. The lowest BCUT2D eigenvalue weighted by Gasteiger charge is -2.21. The van der Waals surface area contributed by atoms with Crippen LogP contribution in [-0.2, 0) is 26.0 Å². The molecule has 0 unspecified atom stereocenters. The van der Waals surface area contributed by atoms with Gasteiger partial charge in [-0.05, 0) is 31.2 Å². The Balaban J connectivity index is 1.93. The van der Waals surface area contributed by atoms with Gasteiger partial charge < -0.3 is 23.5 Å². The third-order valence-corrected chi connectivity index (χ3v) is 8.48. The van der Waals surface area contributed by atoms with Crippen LogP contribution in [0, 0.1) is 0 Å². The summed E-state index contributed by atoms with van der Waals surface area (Å²) in [7, 11) is 2.38. The van der Waals surface area contributed by atoms with E-state index in [2.05, 4.69) is 4.99 Å². The average molecular weight is 538 g/mol. The lowest BCUT2D eigenvalue weighted by atomic mass is 10.2. The summed E-state index contributed by atoms with van der Waals surface area (Å²) in [5, 5.41) is 0. The molecule has 12 heteroatoms. The van der Waals surface area contributed by atoms with Gasteiger partial charge in [-0.25, -0.2) is 8.42 Å². The lowest BCUT2D eigenvalue weighted by molar-refractivity contribution is 0.0997. The van der Waals surface area contributed by atoms with Crippen molar-refractivity contribution in [3.05, 3.63) is 46.8 Å². The molecule has 10 nitrogen and oxygen atoms in total. The molecular weight excluding hydrogens is 506 g/mol.